The summed E-state index contributed by atoms with van der Waals surface area (Å²) in [5.41, 5.74) is -0.755. The Labute approximate surface area is 61.9 Å². The van der Waals surface area contributed by atoms with Crippen LogP contribution in [0.15, 0.2) is 0 Å². The summed E-state index contributed by atoms with van der Waals surface area (Å²) >= 11 is 0. The molecule has 1 aliphatic carbocycles. The predicted octanol–water partition coefficient (Wildman–Crippen LogP) is 0.918. The van der Waals surface area contributed by atoms with Crippen molar-refractivity contribution in [3.63, 3.8) is 0 Å². The number of aliphatic hydroxyl groups is 2. The molecule has 0 aromatic rings. The number of hydrogen-bond acceptors (Lipinski definition) is 2. The van der Waals surface area contributed by atoms with Gasteiger partial charge in [-0.2, -0.15) is 0 Å². The summed E-state index contributed by atoms with van der Waals surface area (Å²) in [6.45, 7) is 3.88. The molecule has 3 unspecified atom stereocenters. The van der Waals surface area contributed by atoms with Crippen molar-refractivity contribution in [2.75, 3.05) is 0 Å². The van der Waals surface area contributed by atoms with E-state index in [1.807, 2.05) is 13.8 Å². The largest absolute Gasteiger partial charge is 0.390 e. The molecule has 2 N–H and O–H groups in total. The first-order valence-corrected chi connectivity index (χ1v) is 4.01. The average Bonchev–Trinajstić information content (AvgIpc) is 1.98. The van der Waals surface area contributed by atoms with Gasteiger partial charge < -0.3 is 10.2 Å². The van der Waals surface area contributed by atoms with Crippen LogP contribution in [0.1, 0.15) is 33.1 Å². The highest BCUT2D eigenvalue weighted by atomic mass is 16.3. The molecule has 2 heteroatoms. The molecule has 2 nitrogen and oxygen atoms in total. The van der Waals surface area contributed by atoms with Crippen LogP contribution in [-0.4, -0.2) is 21.9 Å². The van der Waals surface area contributed by atoms with Crippen molar-refractivity contribution < 1.29 is 10.2 Å². The lowest BCUT2D eigenvalue weighted by molar-refractivity contribution is -0.164. The van der Waals surface area contributed by atoms with Gasteiger partial charge in [-0.25, -0.2) is 0 Å². The molecule has 0 aliphatic heterocycles. The summed E-state index contributed by atoms with van der Waals surface area (Å²) in [5.74, 6) is 0.280. The lowest BCUT2D eigenvalue weighted by Crippen LogP contribution is -2.54. The van der Waals surface area contributed by atoms with Crippen molar-refractivity contribution in [3.05, 3.63) is 0 Å². The van der Waals surface area contributed by atoms with Crippen LogP contribution in [-0.2, 0) is 0 Å². The molecule has 0 aromatic heterocycles. The fourth-order valence-electron chi connectivity index (χ4n) is 1.58. The smallest absolute Gasteiger partial charge is 0.0930 e. The standard InChI is InChI=1S/C8H16O2/c1-3-7(9)8(10)5-4-6(8)2/h6-7,9-10H,3-5H2,1-2H3. The number of aliphatic hydroxyl groups excluding tert-OH is 1. The highest BCUT2D eigenvalue weighted by Crippen LogP contribution is 2.41. The third kappa shape index (κ3) is 0.956. The Morgan fingerprint density at radius 2 is 2.30 bits per heavy atom. The molecule has 0 aromatic carbocycles. The Kier molecular flexibility index (Phi) is 2.02. The first-order chi connectivity index (χ1) is 4.61. The van der Waals surface area contributed by atoms with Crippen LogP contribution in [0.25, 0.3) is 0 Å². The van der Waals surface area contributed by atoms with Crippen LogP contribution < -0.4 is 0 Å². The Morgan fingerprint density at radius 1 is 1.70 bits per heavy atom. The van der Waals surface area contributed by atoms with Crippen LogP contribution in [0.5, 0.6) is 0 Å². The summed E-state index contributed by atoms with van der Waals surface area (Å²) in [6, 6.07) is 0. The molecule has 1 aliphatic rings. The second-order valence-electron chi connectivity index (χ2n) is 3.35. The molecule has 0 heterocycles. The normalized spacial score (nSPS) is 42.6. The molecular formula is C8H16O2. The minimum atomic E-state index is -0.755. The third-order valence-corrected chi connectivity index (χ3v) is 2.79. The molecule has 60 valence electrons. The maximum absolute atomic E-state index is 9.70. The third-order valence-electron chi connectivity index (χ3n) is 2.79. The van der Waals surface area contributed by atoms with Crippen molar-refractivity contribution >= 4 is 0 Å². The Morgan fingerprint density at radius 3 is 2.40 bits per heavy atom. The van der Waals surface area contributed by atoms with Crippen LogP contribution in [0.3, 0.4) is 0 Å². The SMILES string of the molecule is CCC(O)C1(O)CCC1C. The number of hydrogen-bond donors (Lipinski definition) is 2. The number of rotatable bonds is 2. The van der Waals surface area contributed by atoms with E-state index in [-0.39, 0.29) is 5.92 Å². The minimum absolute atomic E-state index is 0.280. The van der Waals surface area contributed by atoms with Crippen LogP contribution in [0.4, 0.5) is 0 Å². The zero-order valence-electron chi connectivity index (χ0n) is 6.67. The van der Waals surface area contributed by atoms with Crippen molar-refractivity contribution in [1.82, 2.24) is 0 Å². The maximum Gasteiger partial charge on any atom is 0.0930 e. The summed E-state index contributed by atoms with van der Waals surface area (Å²) in [4.78, 5) is 0. The van der Waals surface area contributed by atoms with Crippen molar-refractivity contribution in [2.24, 2.45) is 5.92 Å². The summed E-state index contributed by atoms with van der Waals surface area (Å²) in [5, 5.41) is 19.1. The van der Waals surface area contributed by atoms with Gasteiger partial charge in [0.05, 0.1) is 11.7 Å². The van der Waals surface area contributed by atoms with Gasteiger partial charge in [-0.3, -0.25) is 0 Å². The predicted molar refractivity (Wildman–Crippen MR) is 39.6 cm³/mol. The molecule has 1 saturated carbocycles. The van der Waals surface area contributed by atoms with E-state index in [4.69, 9.17) is 0 Å². The first-order valence-electron chi connectivity index (χ1n) is 4.01. The molecule has 0 saturated heterocycles. The Hall–Kier alpha value is -0.0800. The molecule has 1 rings (SSSR count). The van der Waals surface area contributed by atoms with Gasteiger partial charge in [-0.05, 0) is 25.2 Å². The van der Waals surface area contributed by atoms with E-state index >= 15 is 0 Å². The van der Waals surface area contributed by atoms with E-state index in [0.717, 1.165) is 12.8 Å². The van der Waals surface area contributed by atoms with Crippen molar-refractivity contribution in [3.8, 4) is 0 Å². The van der Waals surface area contributed by atoms with Crippen LogP contribution in [0.2, 0.25) is 0 Å². The van der Waals surface area contributed by atoms with E-state index < -0.39 is 11.7 Å². The maximum atomic E-state index is 9.70. The Balaban J connectivity index is 2.51. The van der Waals surface area contributed by atoms with Crippen LogP contribution >= 0.6 is 0 Å². The summed E-state index contributed by atoms with van der Waals surface area (Å²) < 4.78 is 0. The molecule has 0 spiro atoms. The van der Waals surface area contributed by atoms with Crippen LogP contribution in [0, 0.1) is 5.92 Å². The molecule has 1 fully saturated rings. The average molecular weight is 144 g/mol. The van der Waals surface area contributed by atoms with Gasteiger partial charge in [-0.15, -0.1) is 0 Å². The van der Waals surface area contributed by atoms with Gasteiger partial charge in [0, 0.05) is 0 Å². The van der Waals surface area contributed by atoms with Gasteiger partial charge in [-0.1, -0.05) is 13.8 Å². The molecule has 0 amide bonds. The fraction of sp³-hybridized carbons (Fsp3) is 1.00. The first kappa shape index (κ1) is 8.02. The van der Waals surface area contributed by atoms with Gasteiger partial charge in [0.25, 0.3) is 0 Å². The van der Waals surface area contributed by atoms with E-state index in [1.165, 1.54) is 0 Å². The van der Waals surface area contributed by atoms with E-state index in [2.05, 4.69) is 0 Å². The highest BCUT2D eigenvalue weighted by molar-refractivity contribution is 4.98. The monoisotopic (exact) mass is 144 g/mol. The van der Waals surface area contributed by atoms with Gasteiger partial charge in [0.1, 0.15) is 0 Å². The van der Waals surface area contributed by atoms with Crippen molar-refractivity contribution in [1.29, 1.82) is 0 Å². The Bertz CT molecular complexity index is 124. The summed E-state index contributed by atoms with van der Waals surface area (Å²) in [6.07, 6.45) is 1.95. The van der Waals surface area contributed by atoms with Gasteiger partial charge in [0.2, 0.25) is 0 Å². The van der Waals surface area contributed by atoms with E-state index in [1.54, 1.807) is 0 Å². The lowest BCUT2D eigenvalue weighted by atomic mass is 9.67. The zero-order chi connectivity index (χ0) is 7.78. The molecular weight excluding hydrogens is 128 g/mol. The molecule has 0 bridgehead atoms. The fourth-order valence-corrected chi connectivity index (χ4v) is 1.58. The van der Waals surface area contributed by atoms with E-state index in [0.29, 0.717) is 6.42 Å². The second kappa shape index (κ2) is 2.51. The topological polar surface area (TPSA) is 40.5 Å². The minimum Gasteiger partial charge on any atom is -0.390 e. The molecule has 10 heavy (non-hydrogen) atoms. The van der Waals surface area contributed by atoms with Crippen molar-refractivity contribution in [2.45, 2.75) is 44.8 Å². The van der Waals surface area contributed by atoms with Gasteiger partial charge in [0.15, 0.2) is 0 Å². The zero-order valence-corrected chi connectivity index (χ0v) is 6.67. The quantitative estimate of drug-likeness (QED) is 0.605. The molecule has 3 atom stereocenters. The molecule has 0 radical (unpaired) electrons. The second-order valence-corrected chi connectivity index (χ2v) is 3.35. The van der Waals surface area contributed by atoms with Gasteiger partial charge >= 0.3 is 0 Å². The lowest BCUT2D eigenvalue weighted by Gasteiger charge is -2.46. The highest BCUT2D eigenvalue weighted by Gasteiger charge is 2.46. The van der Waals surface area contributed by atoms with E-state index in [9.17, 15) is 10.2 Å². The summed E-state index contributed by atoms with van der Waals surface area (Å²) in [7, 11) is 0.